The Morgan fingerprint density at radius 1 is 1.10 bits per heavy atom. The van der Waals surface area contributed by atoms with Gasteiger partial charge in [0.05, 0.1) is 20.3 Å². The van der Waals surface area contributed by atoms with Crippen LogP contribution in [0.15, 0.2) is 18.2 Å². The van der Waals surface area contributed by atoms with E-state index in [0.29, 0.717) is 26.1 Å². The van der Waals surface area contributed by atoms with E-state index < -0.39 is 0 Å². The number of hydrogen-bond acceptors (Lipinski definition) is 4. The first-order valence-electron chi connectivity index (χ1n) is 7.16. The van der Waals surface area contributed by atoms with E-state index in [1.54, 1.807) is 0 Å². The molecule has 4 heteroatoms. The molecule has 0 saturated heterocycles. The molecule has 0 fully saturated rings. The summed E-state index contributed by atoms with van der Waals surface area (Å²) in [5, 5.41) is 0. The van der Waals surface area contributed by atoms with Crippen LogP contribution in [0.1, 0.15) is 38.7 Å². The van der Waals surface area contributed by atoms with Crippen LogP contribution in [-0.2, 0) is 16.0 Å². The van der Waals surface area contributed by atoms with Crippen LogP contribution >= 0.6 is 0 Å². The molecule has 20 heavy (non-hydrogen) atoms. The van der Waals surface area contributed by atoms with Crippen molar-refractivity contribution >= 4 is 5.97 Å². The molecule has 0 radical (unpaired) electrons. The number of hydrogen-bond donors (Lipinski definition) is 0. The topological polar surface area (TPSA) is 44.8 Å². The molecule has 1 aromatic carbocycles. The van der Waals surface area contributed by atoms with E-state index in [9.17, 15) is 4.79 Å². The van der Waals surface area contributed by atoms with Crippen molar-refractivity contribution in [3.63, 3.8) is 0 Å². The monoisotopic (exact) mass is 280 g/mol. The fraction of sp³-hybridized carbons (Fsp3) is 0.562. The average molecular weight is 280 g/mol. The van der Waals surface area contributed by atoms with Gasteiger partial charge in [-0.15, -0.1) is 0 Å². The maximum Gasteiger partial charge on any atom is 0.305 e. The molecule has 1 rings (SSSR count). The highest BCUT2D eigenvalue weighted by Crippen LogP contribution is 2.26. The van der Waals surface area contributed by atoms with E-state index >= 15 is 0 Å². The van der Waals surface area contributed by atoms with Crippen LogP contribution in [0.3, 0.4) is 0 Å². The highest BCUT2D eigenvalue weighted by molar-refractivity contribution is 5.69. The van der Waals surface area contributed by atoms with Crippen LogP contribution in [-0.4, -0.2) is 26.3 Å². The third-order valence-electron chi connectivity index (χ3n) is 2.80. The lowest BCUT2D eigenvalue weighted by molar-refractivity contribution is -0.140. The summed E-state index contributed by atoms with van der Waals surface area (Å²) in [5.74, 6) is 1.39. The first kappa shape index (κ1) is 16.3. The molecule has 0 heterocycles. The fourth-order valence-electron chi connectivity index (χ4n) is 1.74. The number of esters is 1. The second-order valence-corrected chi connectivity index (χ2v) is 4.54. The lowest BCUT2D eigenvalue weighted by atomic mass is 10.1. The Balaban J connectivity index is 2.76. The second-order valence-electron chi connectivity index (χ2n) is 4.54. The molecule has 0 N–H and O–H groups in total. The summed E-state index contributed by atoms with van der Waals surface area (Å²) >= 11 is 0. The van der Waals surface area contributed by atoms with Gasteiger partial charge in [-0.2, -0.15) is 0 Å². The van der Waals surface area contributed by atoms with E-state index in [-0.39, 0.29) is 5.97 Å². The summed E-state index contributed by atoms with van der Waals surface area (Å²) < 4.78 is 16.0. The summed E-state index contributed by atoms with van der Waals surface area (Å²) in [7, 11) is 1.40. The lowest BCUT2D eigenvalue weighted by Gasteiger charge is -2.13. The highest BCUT2D eigenvalue weighted by Gasteiger charge is 2.09. The summed E-state index contributed by atoms with van der Waals surface area (Å²) in [6.07, 6.45) is 2.87. The highest BCUT2D eigenvalue weighted by atomic mass is 16.5. The minimum Gasteiger partial charge on any atom is -0.493 e. The molecule has 0 unspecified atom stereocenters. The Bertz CT molecular complexity index is 415. The van der Waals surface area contributed by atoms with Crippen molar-refractivity contribution in [2.75, 3.05) is 20.3 Å². The van der Waals surface area contributed by atoms with Crippen LogP contribution in [0.2, 0.25) is 0 Å². The number of carbonyl (C=O) groups is 1. The lowest BCUT2D eigenvalue weighted by Crippen LogP contribution is -2.05. The van der Waals surface area contributed by atoms with Crippen LogP contribution in [0.4, 0.5) is 0 Å². The van der Waals surface area contributed by atoms with Gasteiger partial charge in [-0.3, -0.25) is 4.79 Å². The van der Waals surface area contributed by atoms with Crippen LogP contribution in [0.5, 0.6) is 11.5 Å². The van der Waals surface area contributed by atoms with Crippen LogP contribution < -0.4 is 9.47 Å². The van der Waals surface area contributed by atoms with Gasteiger partial charge in [0.2, 0.25) is 0 Å². The average Bonchev–Trinajstić information content (AvgIpc) is 2.49. The zero-order valence-corrected chi connectivity index (χ0v) is 12.6. The Morgan fingerprint density at radius 2 is 1.80 bits per heavy atom. The van der Waals surface area contributed by atoms with Gasteiger partial charge in [-0.05, 0) is 30.9 Å². The summed E-state index contributed by atoms with van der Waals surface area (Å²) in [6, 6.07) is 5.78. The fourth-order valence-corrected chi connectivity index (χ4v) is 1.74. The number of aryl methyl sites for hydroxylation is 1. The van der Waals surface area contributed by atoms with Crippen LogP contribution in [0.25, 0.3) is 0 Å². The van der Waals surface area contributed by atoms with Crippen molar-refractivity contribution in [2.24, 2.45) is 0 Å². The van der Waals surface area contributed by atoms with E-state index in [1.807, 2.05) is 18.2 Å². The molecule has 0 bridgehead atoms. The Labute approximate surface area is 121 Å². The minimum absolute atomic E-state index is 0.210. The summed E-state index contributed by atoms with van der Waals surface area (Å²) in [4.78, 5) is 11.2. The number of methoxy groups -OCH3 is 1. The Kier molecular flexibility index (Phi) is 7.55. The second kappa shape index (κ2) is 9.23. The molecule has 0 spiro atoms. The van der Waals surface area contributed by atoms with Gasteiger partial charge >= 0.3 is 5.97 Å². The maximum atomic E-state index is 11.2. The molecule has 0 aliphatic heterocycles. The molecule has 4 nitrogen and oxygen atoms in total. The van der Waals surface area contributed by atoms with Crippen molar-refractivity contribution in [1.82, 2.24) is 0 Å². The van der Waals surface area contributed by atoms with E-state index in [0.717, 1.165) is 29.9 Å². The summed E-state index contributed by atoms with van der Waals surface area (Å²) in [5.41, 5.74) is 1.01. The van der Waals surface area contributed by atoms with Gasteiger partial charge < -0.3 is 14.2 Å². The van der Waals surface area contributed by atoms with Crippen molar-refractivity contribution in [3.05, 3.63) is 23.8 Å². The van der Waals surface area contributed by atoms with Gasteiger partial charge in [-0.25, -0.2) is 0 Å². The minimum atomic E-state index is -0.210. The maximum absolute atomic E-state index is 11.2. The Morgan fingerprint density at radius 3 is 2.45 bits per heavy atom. The molecule has 0 amide bonds. The normalized spacial score (nSPS) is 10.2. The molecule has 0 aliphatic carbocycles. The largest absolute Gasteiger partial charge is 0.493 e. The molecule has 0 aromatic heterocycles. The molecule has 0 atom stereocenters. The number of rotatable bonds is 9. The van der Waals surface area contributed by atoms with Gasteiger partial charge in [0.1, 0.15) is 11.5 Å². The number of ether oxygens (including phenoxy) is 3. The number of benzene rings is 1. The molecule has 112 valence electrons. The predicted octanol–water partition coefficient (Wildman–Crippen LogP) is 3.37. The van der Waals surface area contributed by atoms with Crippen LogP contribution in [0, 0.1) is 0 Å². The van der Waals surface area contributed by atoms with E-state index in [2.05, 4.69) is 18.6 Å². The molecule has 0 saturated carbocycles. The van der Waals surface area contributed by atoms with Crippen molar-refractivity contribution in [2.45, 2.75) is 39.5 Å². The van der Waals surface area contributed by atoms with Crippen molar-refractivity contribution in [1.29, 1.82) is 0 Å². The zero-order valence-electron chi connectivity index (χ0n) is 12.6. The molecule has 0 aliphatic rings. The smallest absolute Gasteiger partial charge is 0.305 e. The predicted molar refractivity (Wildman–Crippen MR) is 78.4 cm³/mol. The van der Waals surface area contributed by atoms with Crippen molar-refractivity contribution in [3.8, 4) is 11.5 Å². The van der Waals surface area contributed by atoms with Crippen molar-refractivity contribution < 1.29 is 19.0 Å². The third kappa shape index (κ3) is 5.51. The van der Waals surface area contributed by atoms with Gasteiger partial charge in [0.15, 0.2) is 0 Å². The number of carbonyl (C=O) groups excluding carboxylic acids is 1. The first-order valence-corrected chi connectivity index (χ1v) is 7.16. The van der Waals surface area contributed by atoms with Gasteiger partial charge in [-0.1, -0.05) is 19.9 Å². The Hall–Kier alpha value is -1.71. The van der Waals surface area contributed by atoms with E-state index in [4.69, 9.17) is 9.47 Å². The quantitative estimate of drug-likeness (QED) is 0.651. The third-order valence-corrected chi connectivity index (χ3v) is 2.80. The van der Waals surface area contributed by atoms with Gasteiger partial charge in [0, 0.05) is 12.5 Å². The molecular formula is C16H24O4. The first-order chi connectivity index (χ1) is 9.71. The zero-order chi connectivity index (χ0) is 14.8. The molecular weight excluding hydrogens is 256 g/mol. The van der Waals surface area contributed by atoms with Gasteiger partial charge in [0.25, 0.3) is 0 Å². The standard InChI is InChI=1S/C16H24O4/c1-4-10-19-14-8-6-13(7-9-16(17)18-3)15(12-14)20-11-5-2/h6,8,12H,4-5,7,9-11H2,1-3H3. The summed E-state index contributed by atoms with van der Waals surface area (Å²) in [6.45, 7) is 5.47. The molecule has 1 aromatic rings. The van der Waals surface area contributed by atoms with E-state index in [1.165, 1.54) is 7.11 Å². The SMILES string of the molecule is CCCOc1ccc(CCC(=O)OC)c(OCCC)c1.